The first-order valence-corrected chi connectivity index (χ1v) is 12.7. The number of nitro benzene ring substituents is 1. The molecule has 182 valence electrons. The number of carbonyl (C=O) groups is 1. The molecule has 0 unspecified atom stereocenters. The summed E-state index contributed by atoms with van der Waals surface area (Å²) in [4.78, 5) is 25.3. The number of rotatable bonds is 7. The summed E-state index contributed by atoms with van der Waals surface area (Å²) in [6.07, 6.45) is 0. The highest BCUT2D eigenvalue weighted by Crippen LogP contribution is 2.29. The van der Waals surface area contributed by atoms with Crippen LogP contribution >= 0.6 is 0 Å². The molecule has 0 aliphatic carbocycles. The molecular formula is C25H26N4O5S. The highest BCUT2D eigenvalue weighted by Gasteiger charge is 2.35. The third-order valence-electron chi connectivity index (χ3n) is 6.15. The largest absolute Gasteiger partial charge is 0.324 e. The molecule has 1 heterocycles. The molecule has 35 heavy (non-hydrogen) atoms. The third-order valence-corrected chi connectivity index (χ3v) is 8.10. The van der Waals surface area contributed by atoms with Crippen molar-refractivity contribution in [2.45, 2.75) is 17.9 Å². The fourth-order valence-corrected chi connectivity index (χ4v) is 5.74. The highest BCUT2D eigenvalue weighted by atomic mass is 32.2. The van der Waals surface area contributed by atoms with Crippen LogP contribution in [0.5, 0.6) is 0 Å². The van der Waals surface area contributed by atoms with Gasteiger partial charge in [-0.15, -0.1) is 0 Å². The number of benzene rings is 3. The van der Waals surface area contributed by atoms with Crippen molar-refractivity contribution in [3.05, 3.63) is 89.0 Å². The van der Waals surface area contributed by atoms with E-state index in [0.29, 0.717) is 18.8 Å². The van der Waals surface area contributed by atoms with Crippen LogP contribution in [0.1, 0.15) is 6.92 Å². The number of sulfonamides is 1. The lowest BCUT2D eigenvalue weighted by Crippen LogP contribution is -2.54. The average Bonchev–Trinajstić information content (AvgIpc) is 2.89. The van der Waals surface area contributed by atoms with Gasteiger partial charge in [0, 0.05) is 43.5 Å². The molecule has 10 heteroatoms. The SMILES string of the molecule is C[C@H](C(=O)Nc1ccccc1-c1ccccc1)N1CCN(S(=O)(=O)c2ccccc2[N+](=O)[O-])CC1. The van der Waals surface area contributed by atoms with Crippen molar-refractivity contribution >= 4 is 27.3 Å². The second-order valence-electron chi connectivity index (χ2n) is 8.24. The van der Waals surface area contributed by atoms with Gasteiger partial charge in [-0.3, -0.25) is 19.8 Å². The number of para-hydroxylation sites is 2. The van der Waals surface area contributed by atoms with Crippen LogP contribution < -0.4 is 5.32 Å². The molecule has 0 aromatic heterocycles. The monoisotopic (exact) mass is 494 g/mol. The first-order valence-electron chi connectivity index (χ1n) is 11.2. The lowest BCUT2D eigenvalue weighted by atomic mass is 10.0. The summed E-state index contributed by atoms with van der Waals surface area (Å²) in [6.45, 7) is 2.70. The Bertz CT molecular complexity index is 1320. The number of hydrogen-bond donors (Lipinski definition) is 1. The third kappa shape index (κ3) is 5.24. The number of anilines is 1. The van der Waals surface area contributed by atoms with E-state index >= 15 is 0 Å². The van der Waals surface area contributed by atoms with Crippen LogP contribution in [0.15, 0.2) is 83.8 Å². The molecule has 0 radical (unpaired) electrons. The van der Waals surface area contributed by atoms with Crippen LogP contribution in [-0.2, 0) is 14.8 Å². The number of piperazine rings is 1. The molecule has 1 aliphatic heterocycles. The predicted octanol–water partition coefficient (Wildman–Crippen LogP) is 3.60. The number of nitro groups is 1. The van der Waals surface area contributed by atoms with Crippen LogP contribution in [0.4, 0.5) is 11.4 Å². The normalized spacial score (nSPS) is 15.9. The highest BCUT2D eigenvalue weighted by molar-refractivity contribution is 7.89. The van der Waals surface area contributed by atoms with Crippen LogP contribution in [0.2, 0.25) is 0 Å². The van der Waals surface area contributed by atoms with Gasteiger partial charge in [0.25, 0.3) is 5.69 Å². The van der Waals surface area contributed by atoms with E-state index in [1.165, 1.54) is 28.6 Å². The Morgan fingerprint density at radius 1 is 0.914 bits per heavy atom. The predicted molar refractivity (Wildman–Crippen MR) is 133 cm³/mol. The standard InChI is InChI=1S/C25H26N4O5S/c1-19(25(30)26-22-12-6-5-11-21(22)20-9-3-2-4-10-20)27-15-17-28(18-16-27)35(33,34)24-14-8-7-13-23(24)29(31)32/h2-14,19H,15-18H2,1H3,(H,26,30)/t19-/m1/s1. The van der Waals surface area contributed by atoms with Gasteiger partial charge in [-0.05, 0) is 24.6 Å². The maximum Gasteiger partial charge on any atom is 0.289 e. The van der Waals surface area contributed by atoms with Gasteiger partial charge in [-0.25, -0.2) is 8.42 Å². The van der Waals surface area contributed by atoms with Gasteiger partial charge < -0.3 is 5.32 Å². The molecule has 9 nitrogen and oxygen atoms in total. The van der Waals surface area contributed by atoms with E-state index in [-0.39, 0.29) is 23.9 Å². The van der Waals surface area contributed by atoms with E-state index in [0.717, 1.165) is 11.1 Å². The quantitative estimate of drug-likeness (QED) is 0.397. The summed E-state index contributed by atoms with van der Waals surface area (Å²) in [7, 11) is -4.03. The van der Waals surface area contributed by atoms with Crippen LogP contribution in [0, 0.1) is 10.1 Å². The van der Waals surface area contributed by atoms with Gasteiger partial charge in [-0.1, -0.05) is 60.7 Å². The molecule has 4 rings (SSSR count). The van der Waals surface area contributed by atoms with Gasteiger partial charge in [0.15, 0.2) is 4.90 Å². The zero-order valence-corrected chi connectivity index (χ0v) is 20.0. The lowest BCUT2D eigenvalue weighted by molar-refractivity contribution is -0.387. The van der Waals surface area contributed by atoms with Gasteiger partial charge in [0.1, 0.15) is 0 Å². The summed E-state index contributed by atoms with van der Waals surface area (Å²) < 4.78 is 27.4. The zero-order valence-electron chi connectivity index (χ0n) is 19.2. The van der Waals surface area contributed by atoms with Crippen molar-refractivity contribution in [2.24, 2.45) is 0 Å². The van der Waals surface area contributed by atoms with Gasteiger partial charge in [0.2, 0.25) is 15.9 Å². The summed E-state index contributed by atoms with van der Waals surface area (Å²) in [5, 5.41) is 14.3. The maximum absolute atomic E-state index is 13.1. The van der Waals surface area contributed by atoms with Crippen molar-refractivity contribution in [3.63, 3.8) is 0 Å². The smallest absolute Gasteiger partial charge is 0.289 e. The van der Waals surface area contributed by atoms with Crippen molar-refractivity contribution in [2.75, 3.05) is 31.5 Å². The van der Waals surface area contributed by atoms with E-state index in [4.69, 9.17) is 0 Å². The molecule has 0 bridgehead atoms. The summed E-state index contributed by atoms with van der Waals surface area (Å²) in [5.74, 6) is -0.191. The minimum Gasteiger partial charge on any atom is -0.324 e. The number of hydrogen-bond acceptors (Lipinski definition) is 6. The Labute approximate surface area is 204 Å². The Morgan fingerprint density at radius 3 is 2.20 bits per heavy atom. The molecule has 3 aromatic carbocycles. The molecule has 1 N–H and O–H groups in total. The Kier molecular flexibility index (Phi) is 7.25. The molecular weight excluding hydrogens is 468 g/mol. The Balaban J connectivity index is 1.43. The fourth-order valence-electron chi connectivity index (χ4n) is 4.16. The first kappa shape index (κ1) is 24.5. The lowest BCUT2D eigenvalue weighted by Gasteiger charge is -2.36. The number of amides is 1. The fraction of sp³-hybridized carbons (Fsp3) is 0.240. The molecule has 1 aliphatic rings. The first-order chi connectivity index (χ1) is 16.8. The van der Waals surface area contributed by atoms with Crippen LogP contribution in [0.3, 0.4) is 0 Å². The number of nitrogens with one attached hydrogen (secondary N) is 1. The van der Waals surface area contributed by atoms with Crippen LogP contribution in [-0.4, -0.2) is 60.7 Å². The number of carbonyl (C=O) groups excluding carboxylic acids is 1. The van der Waals surface area contributed by atoms with E-state index in [1.54, 1.807) is 6.92 Å². The molecule has 0 spiro atoms. The molecule has 0 saturated carbocycles. The Hall–Kier alpha value is -3.60. The molecule has 3 aromatic rings. The van der Waals surface area contributed by atoms with Gasteiger partial charge in [-0.2, -0.15) is 4.31 Å². The van der Waals surface area contributed by atoms with Gasteiger partial charge >= 0.3 is 0 Å². The second kappa shape index (κ2) is 10.3. The van der Waals surface area contributed by atoms with Crippen molar-refractivity contribution < 1.29 is 18.1 Å². The molecule has 1 saturated heterocycles. The maximum atomic E-state index is 13.1. The van der Waals surface area contributed by atoms with Gasteiger partial charge in [0.05, 0.1) is 11.0 Å². The van der Waals surface area contributed by atoms with Crippen LogP contribution in [0.25, 0.3) is 11.1 Å². The molecule has 1 fully saturated rings. The summed E-state index contributed by atoms with van der Waals surface area (Å²) in [6, 6.07) is 22.2. The van der Waals surface area contributed by atoms with E-state index in [1.807, 2.05) is 59.5 Å². The van der Waals surface area contributed by atoms with E-state index in [9.17, 15) is 23.3 Å². The van der Waals surface area contributed by atoms with Crippen molar-refractivity contribution in [1.29, 1.82) is 0 Å². The molecule has 1 atom stereocenters. The summed E-state index contributed by atoms with van der Waals surface area (Å²) in [5.41, 5.74) is 2.16. The minimum atomic E-state index is -4.03. The second-order valence-corrected chi connectivity index (χ2v) is 10.1. The zero-order chi connectivity index (χ0) is 25.0. The van der Waals surface area contributed by atoms with Crippen molar-refractivity contribution in [1.82, 2.24) is 9.21 Å². The van der Waals surface area contributed by atoms with E-state index < -0.39 is 26.7 Å². The molecule has 1 amide bonds. The Morgan fingerprint density at radius 2 is 1.51 bits per heavy atom. The summed E-state index contributed by atoms with van der Waals surface area (Å²) >= 11 is 0. The topological polar surface area (TPSA) is 113 Å². The number of nitrogens with zero attached hydrogens (tertiary/aromatic N) is 3. The van der Waals surface area contributed by atoms with E-state index in [2.05, 4.69) is 5.32 Å². The minimum absolute atomic E-state index is 0.132. The average molecular weight is 495 g/mol. The van der Waals surface area contributed by atoms with Crippen molar-refractivity contribution in [3.8, 4) is 11.1 Å².